The lowest BCUT2D eigenvalue weighted by molar-refractivity contribution is 0.638. The highest BCUT2D eigenvalue weighted by molar-refractivity contribution is 7.98. The lowest BCUT2D eigenvalue weighted by Gasteiger charge is -2.15. The van der Waals surface area contributed by atoms with Crippen LogP contribution in [-0.2, 0) is 26.3 Å². The number of hydrogen-bond acceptors (Lipinski definition) is 4. The summed E-state index contributed by atoms with van der Waals surface area (Å²) in [5.74, 6) is 1.21. The zero-order valence-electron chi connectivity index (χ0n) is 16.4. The van der Waals surface area contributed by atoms with Crippen molar-refractivity contribution in [2.24, 2.45) is 20.0 Å². The van der Waals surface area contributed by atoms with E-state index in [-0.39, 0.29) is 11.2 Å². The average molecular weight is 384 g/mol. The van der Waals surface area contributed by atoms with Crippen LogP contribution in [0.25, 0.3) is 11.0 Å². The lowest BCUT2D eigenvalue weighted by Crippen LogP contribution is -2.37. The number of thioether (sulfide) groups is 1. The van der Waals surface area contributed by atoms with E-state index in [2.05, 4.69) is 44.0 Å². The van der Waals surface area contributed by atoms with Gasteiger partial charge in [0.15, 0.2) is 0 Å². The Morgan fingerprint density at radius 1 is 1.15 bits per heavy atom. The van der Waals surface area contributed by atoms with E-state index >= 15 is 0 Å². The lowest BCUT2D eigenvalue weighted by atomic mass is 10.0. The predicted molar refractivity (Wildman–Crippen MR) is 112 cm³/mol. The molecule has 0 atom stereocenters. The fourth-order valence-electron chi connectivity index (χ4n) is 3.25. The standard InChI is InChI=1S/C21H25N3O2S/c1-13(2)9-16-11-22-19-17(20(25)24(5)21(26)23(19)4)18(16)27-12-15-8-6-7-14(3)10-15/h6-8,10-11,13H,9,12H2,1-5H3. The second-order valence-electron chi connectivity index (χ2n) is 7.39. The zero-order valence-corrected chi connectivity index (χ0v) is 17.3. The molecular formula is C21H25N3O2S. The van der Waals surface area contributed by atoms with Crippen molar-refractivity contribution in [2.45, 2.75) is 37.8 Å². The first-order valence-electron chi connectivity index (χ1n) is 9.05. The highest BCUT2D eigenvalue weighted by Crippen LogP contribution is 2.32. The van der Waals surface area contributed by atoms with Crippen molar-refractivity contribution in [1.29, 1.82) is 0 Å². The summed E-state index contributed by atoms with van der Waals surface area (Å²) < 4.78 is 2.62. The maximum absolute atomic E-state index is 12.9. The summed E-state index contributed by atoms with van der Waals surface area (Å²) in [4.78, 5) is 30.6. The molecule has 0 saturated heterocycles. The van der Waals surface area contributed by atoms with Gasteiger partial charge in [0, 0.05) is 30.9 Å². The second-order valence-corrected chi connectivity index (χ2v) is 8.38. The van der Waals surface area contributed by atoms with Crippen LogP contribution < -0.4 is 11.2 Å². The van der Waals surface area contributed by atoms with Crippen molar-refractivity contribution in [1.82, 2.24) is 14.1 Å². The quantitative estimate of drug-likeness (QED) is 0.634. The number of pyridine rings is 1. The van der Waals surface area contributed by atoms with Crippen LogP contribution in [0.4, 0.5) is 0 Å². The molecule has 0 radical (unpaired) electrons. The topological polar surface area (TPSA) is 56.9 Å². The molecule has 0 aliphatic rings. The summed E-state index contributed by atoms with van der Waals surface area (Å²) in [5.41, 5.74) is 3.30. The average Bonchev–Trinajstić information content (AvgIpc) is 2.62. The molecule has 0 fully saturated rings. The Morgan fingerprint density at radius 3 is 2.56 bits per heavy atom. The summed E-state index contributed by atoms with van der Waals surface area (Å²) >= 11 is 1.65. The Bertz CT molecular complexity index is 1110. The number of rotatable bonds is 5. The van der Waals surface area contributed by atoms with E-state index in [0.29, 0.717) is 17.0 Å². The fraction of sp³-hybridized carbons (Fsp3) is 0.381. The summed E-state index contributed by atoms with van der Waals surface area (Å²) in [7, 11) is 3.18. The van der Waals surface area contributed by atoms with Crippen LogP contribution in [0.1, 0.15) is 30.5 Å². The van der Waals surface area contributed by atoms with Crippen LogP contribution in [0, 0.1) is 12.8 Å². The minimum atomic E-state index is -0.355. The first kappa shape index (κ1) is 19.4. The highest BCUT2D eigenvalue weighted by atomic mass is 32.2. The molecule has 2 aromatic heterocycles. The minimum absolute atomic E-state index is 0.280. The molecule has 0 aliphatic carbocycles. The van der Waals surface area contributed by atoms with Crippen LogP contribution in [0.15, 0.2) is 44.9 Å². The van der Waals surface area contributed by atoms with Gasteiger partial charge in [-0.2, -0.15) is 0 Å². The van der Waals surface area contributed by atoms with Crippen molar-refractivity contribution >= 4 is 22.8 Å². The molecule has 6 heteroatoms. The van der Waals surface area contributed by atoms with Crippen LogP contribution in [0.5, 0.6) is 0 Å². The third-order valence-electron chi connectivity index (χ3n) is 4.59. The van der Waals surface area contributed by atoms with Gasteiger partial charge in [-0.3, -0.25) is 13.9 Å². The van der Waals surface area contributed by atoms with Crippen molar-refractivity contribution in [3.05, 3.63) is 68.0 Å². The van der Waals surface area contributed by atoms with E-state index in [1.165, 1.54) is 27.3 Å². The van der Waals surface area contributed by atoms with Crippen molar-refractivity contribution < 1.29 is 0 Å². The van der Waals surface area contributed by atoms with E-state index in [1.54, 1.807) is 18.8 Å². The highest BCUT2D eigenvalue weighted by Gasteiger charge is 2.18. The van der Waals surface area contributed by atoms with Gasteiger partial charge in [-0.25, -0.2) is 9.78 Å². The molecule has 2 heterocycles. The number of benzene rings is 1. The van der Waals surface area contributed by atoms with Crippen LogP contribution in [0.3, 0.4) is 0 Å². The van der Waals surface area contributed by atoms with Gasteiger partial charge in [-0.15, -0.1) is 11.8 Å². The maximum atomic E-state index is 12.9. The second kappa shape index (κ2) is 7.72. The smallest absolute Gasteiger partial charge is 0.280 e. The third kappa shape index (κ3) is 3.86. The van der Waals surface area contributed by atoms with Crippen LogP contribution in [0.2, 0.25) is 0 Å². The SMILES string of the molecule is Cc1cccc(CSc2c(CC(C)C)cnc3c2c(=O)n(C)c(=O)n3C)c1. The molecule has 0 aliphatic heterocycles. The molecule has 142 valence electrons. The number of hydrogen-bond donors (Lipinski definition) is 0. The van der Waals surface area contributed by atoms with Gasteiger partial charge in [0.25, 0.3) is 5.56 Å². The number of fused-ring (bicyclic) bond motifs is 1. The molecule has 0 N–H and O–H groups in total. The molecule has 0 saturated carbocycles. The van der Waals surface area contributed by atoms with Gasteiger partial charge in [0.2, 0.25) is 0 Å². The molecular weight excluding hydrogens is 358 g/mol. The largest absolute Gasteiger partial charge is 0.332 e. The summed E-state index contributed by atoms with van der Waals surface area (Å²) in [6, 6.07) is 8.38. The Labute approximate surface area is 163 Å². The molecule has 1 aromatic carbocycles. The third-order valence-corrected chi connectivity index (χ3v) is 5.82. The molecule has 27 heavy (non-hydrogen) atoms. The van der Waals surface area contributed by atoms with Crippen molar-refractivity contribution in [3.63, 3.8) is 0 Å². The Hall–Kier alpha value is -2.34. The normalized spacial score (nSPS) is 11.5. The van der Waals surface area contributed by atoms with Gasteiger partial charge in [0.1, 0.15) is 5.65 Å². The zero-order chi connectivity index (χ0) is 19.7. The molecule has 0 unspecified atom stereocenters. The minimum Gasteiger partial charge on any atom is -0.280 e. The molecule has 5 nitrogen and oxygen atoms in total. The van der Waals surface area contributed by atoms with Gasteiger partial charge < -0.3 is 0 Å². The van der Waals surface area contributed by atoms with Crippen molar-refractivity contribution in [3.8, 4) is 0 Å². The number of aryl methyl sites for hydroxylation is 2. The van der Waals surface area contributed by atoms with E-state index in [1.807, 2.05) is 12.3 Å². The molecule has 0 bridgehead atoms. The molecule has 0 amide bonds. The molecule has 3 aromatic rings. The summed E-state index contributed by atoms with van der Waals surface area (Å²) in [6.07, 6.45) is 2.66. The molecule has 0 spiro atoms. The van der Waals surface area contributed by atoms with Gasteiger partial charge >= 0.3 is 5.69 Å². The monoisotopic (exact) mass is 383 g/mol. The van der Waals surface area contributed by atoms with E-state index in [0.717, 1.165) is 22.6 Å². The van der Waals surface area contributed by atoms with Crippen LogP contribution >= 0.6 is 11.8 Å². The van der Waals surface area contributed by atoms with Gasteiger partial charge in [-0.05, 0) is 30.4 Å². The summed E-state index contributed by atoms with van der Waals surface area (Å²) in [6.45, 7) is 6.38. The Morgan fingerprint density at radius 2 is 1.89 bits per heavy atom. The van der Waals surface area contributed by atoms with E-state index in [4.69, 9.17) is 0 Å². The Kier molecular flexibility index (Phi) is 5.56. The van der Waals surface area contributed by atoms with E-state index in [9.17, 15) is 9.59 Å². The first-order chi connectivity index (χ1) is 12.8. The first-order valence-corrected chi connectivity index (χ1v) is 10.0. The fourth-order valence-corrected chi connectivity index (χ4v) is 4.38. The van der Waals surface area contributed by atoms with Crippen molar-refractivity contribution in [2.75, 3.05) is 0 Å². The van der Waals surface area contributed by atoms with Crippen LogP contribution in [-0.4, -0.2) is 14.1 Å². The number of nitrogens with zero attached hydrogens (tertiary/aromatic N) is 3. The predicted octanol–water partition coefficient (Wildman–Crippen LogP) is 3.43. The van der Waals surface area contributed by atoms with Gasteiger partial charge in [0.05, 0.1) is 5.39 Å². The summed E-state index contributed by atoms with van der Waals surface area (Å²) in [5, 5.41) is 0.537. The Balaban J connectivity index is 2.19. The van der Waals surface area contributed by atoms with E-state index < -0.39 is 0 Å². The number of aromatic nitrogens is 3. The van der Waals surface area contributed by atoms with Gasteiger partial charge in [-0.1, -0.05) is 43.7 Å². The molecule has 3 rings (SSSR count). The maximum Gasteiger partial charge on any atom is 0.332 e.